The molecule has 5 heteroatoms. The molecule has 0 spiro atoms. The summed E-state index contributed by atoms with van der Waals surface area (Å²) in [7, 11) is 1.83. The Kier molecular flexibility index (Phi) is 3.43. The summed E-state index contributed by atoms with van der Waals surface area (Å²) in [5, 5.41) is 2.99. The summed E-state index contributed by atoms with van der Waals surface area (Å²) >= 11 is 0. The molecule has 0 bridgehead atoms. The van der Waals surface area contributed by atoms with Gasteiger partial charge in [0.2, 0.25) is 5.95 Å². The van der Waals surface area contributed by atoms with Gasteiger partial charge in [0.25, 0.3) is 0 Å². The zero-order valence-corrected chi connectivity index (χ0v) is 11.8. The molecule has 2 rings (SSSR count). The topological polar surface area (TPSA) is 50.3 Å². The van der Waals surface area contributed by atoms with Gasteiger partial charge >= 0.3 is 0 Å². The monoisotopic (exact) mass is 250 g/mol. The Balaban J connectivity index is 2.30. The molecule has 0 radical (unpaired) electrons. The number of aromatic nitrogens is 2. The molecule has 0 aromatic carbocycles. The Bertz CT molecular complexity index is 433. The first-order valence-corrected chi connectivity index (χ1v) is 6.35. The highest BCUT2D eigenvalue weighted by atomic mass is 16.5. The number of aryl methyl sites for hydroxylation is 1. The van der Waals surface area contributed by atoms with Crippen LogP contribution in [0.5, 0.6) is 0 Å². The largest absolute Gasteiger partial charge is 0.369 e. The average molecular weight is 250 g/mol. The number of hydrogen-bond acceptors (Lipinski definition) is 5. The summed E-state index contributed by atoms with van der Waals surface area (Å²) in [6.45, 7) is 10.1. The predicted octanol–water partition coefficient (Wildman–Crippen LogP) is 1.83. The van der Waals surface area contributed by atoms with E-state index < -0.39 is 0 Å². The van der Waals surface area contributed by atoms with E-state index in [2.05, 4.69) is 41.0 Å². The van der Waals surface area contributed by atoms with Crippen molar-refractivity contribution in [2.45, 2.75) is 39.4 Å². The van der Waals surface area contributed by atoms with Gasteiger partial charge in [-0.15, -0.1) is 0 Å². The summed E-state index contributed by atoms with van der Waals surface area (Å²) in [5.74, 6) is 1.66. The fourth-order valence-electron chi connectivity index (χ4n) is 2.49. The molecule has 100 valence electrons. The molecule has 5 nitrogen and oxygen atoms in total. The maximum atomic E-state index is 5.92. The minimum absolute atomic E-state index is 0.144. The second kappa shape index (κ2) is 4.72. The molecule has 2 heterocycles. The van der Waals surface area contributed by atoms with Gasteiger partial charge in [0, 0.05) is 31.9 Å². The van der Waals surface area contributed by atoms with Gasteiger partial charge in [-0.1, -0.05) is 0 Å². The Morgan fingerprint density at radius 2 is 2.22 bits per heavy atom. The lowest BCUT2D eigenvalue weighted by molar-refractivity contribution is -0.0751. The average Bonchev–Trinajstić information content (AvgIpc) is 2.27. The van der Waals surface area contributed by atoms with E-state index in [1.54, 1.807) is 0 Å². The second-order valence-corrected chi connectivity index (χ2v) is 5.52. The number of hydrogen-bond donors (Lipinski definition) is 1. The molecule has 0 aliphatic carbocycles. The van der Waals surface area contributed by atoms with Crippen LogP contribution in [0.1, 0.15) is 26.3 Å². The van der Waals surface area contributed by atoms with E-state index in [9.17, 15) is 0 Å². The number of nitrogens with zero attached hydrogens (tertiary/aromatic N) is 3. The quantitative estimate of drug-likeness (QED) is 0.868. The van der Waals surface area contributed by atoms with Crippen molar-refractivity contribution in [2.24, 2.45) is 0 Å². The van der Waals surface area contributed by atoms with Crippen molar-refractivity contribution in [3.63, 3.8) is 0 Å². The summed E-state index contributed by atoms with van der Waals surface area (Å²) in [6.07, 6.45) is 2.07. The molecular weight excluding hydrogens is 228 g/mol. The molecule has 0 saturated carbocycles. The van der Waals surface area contributed by atoms with Gasteiger partial charge in [-0.05, 0) is 27.7 Å². The number of anilines is 2. The first kappa shape index (κ1) is 13.1. The molecule has 1 fully saturated rings. The first-order valence-electron chi connectivity index (χ1n) is 6.35. The standard InChI is InChI=1S/C13H22N4O/c1-9-6-15-12(14-5)16-11(9)17-7-10(2)18-13(3,4)8-17/h6,10H,7-8H2,1-5H3,(H,14,15,16). The Morgan fingerprint density at radius 3 is 2.83 bits per heavy atom. The van der Waals surface area contributed by atoms with Crippen LogP contribution in [-0.4, -0.2) is 41.8 Å². The maximum Gasteiger partial charge on any atom is 0.224 e. The first-order chi connectivity index (χ1) is 8.41. The maximum absolute atomic E-state index is 5.92. The Labute approximate surface area is 109 Å². The van der Waals surface area contributed by atoms with Crippen molar-refractivity contribution in [2.75, 3.05) is 30.4 Å². The van der Waals surface area contributed by atoms with Crippen molar-refractivity contribution >= 4 is 11.8 Å². The van der Waals surface area contributed by atoms with Gasteiger partial charge in [0.1, 0.15) is 5.82 Å². The lowest BCUT2D eigenvalue weighted by Crippen LogP contribution is -2.52. The molecule has 0 amide bonds. The van der Waals surface area contributed by atoms with Crippen molar-refractivity contribution < 1.29 is 4.74 Å². The van der Waals surface area contributed by atoms with Crippen LogP contribution >= 0.6 is 0 Å². The number of nitrogens with one attached hydrogen (secondary N) is 1. The molecule has 18 heavy (non-hydrogen) atoms. The van der Waals surface area contributed by atoms with E-state index in [4.69, 9.17) is 4.74 Å². The van der Waals surface area contributed by atoms with Crippen molar-refractivity contribution in [1.82, 2.24) is 9.97 Å². The molecule has 1 saturated heterocycles. The van der Waals surface area contributed by atoms with Crippen molar-refractivity contribution in [3.8, 4) is 0 Å². The minimum Gasteiger partial charge on any atom is -0.369 e. The van der Waals surface area contributed by atoms with Gasteiger partial charge in [-0.2, -0.15) is 4.98 Å². The molecule has 1 unspecified atom stereocenters. The van der Waals surface area contributed by atoms with Gasteiger partial charge in [-0.25, -0.2) is 4.98 Å². The second-order valence-electron chi connectivity index (χ2n) is 5.52. The highest BCUT2D eigenvalue weighted by molar-refractivity contribution is 5.49. The summed E-state index contributed by atoms with van der Waals surface area (Å²) in [5.41, 5.74) is 0.952. The summed E-state index contributed by atoms with van der Waals surface area (Å²) in [6, 6.07) is 0. The highest BCUT2D eigenvalue weighted by Gasteiger charge is 2.32. The predicted molar refractivity (Wildman–Crippen MR) is 73.2 cm³/mol. The molecule has 1 atom stereocenters. The van der Waals surface area contributed by atoms with Gasteiger partial charge in [0.15, 0.2) is 0 Å². The fourth-order valence-corrected chi connectivity index (χ4v) is 2.49. The lowest BCUT2D eigenvalue weighted by Gasteiger charge is -2.42. The van der Waals surface area contributed by atoms with Crippen LogP contribution in [0.3, 0.4) is 0 Å². The zero-order valence-electron chi connectivity index (χ0n) is 11.8. The third-order valence-electron chi connectivity index (χ3n) is 3.04. The molecule has 1 aliphatic heterocycles. The van der Waals surface area contributed by atoms with Crippen molar-refractivity contribution in [1.29, 1.82) is 0 Å². The van der Waals surface area contributed by atoms with E-state index in [-0.39, 0.29) is 11.7 Å². The van der Waals surface area contributed by atoms with Crippen LogP contribution in [0.4, 0.5) is 11.8 Å². The molecule has 1 aliphatic rings. The van der Waals surface area contributed by atoms with Crippen LogP contribution in [0.25, 0.3) is 0 Å². The third kappa shape index (κ3) is 2.72. The van der Waals surface area contributed by atoms with Crippen LogP contribution in [-0.2, 0) is 4.74 Å². The summed E-state index contributed by atoms with van der Waals surface area (Å²) < 4.78 is 5.92. The number of ether oxygens (including phenoxy) is 1. The van der Waals surface area contributed by atoms with Gasteiger partial charge in [-0.3, -0.25) is 0 Å². The molecular formula is C13H22N4O. The minimum atomic E-state index is -0.144. The van der Waals surface area contributed by atoms with E-state index in [0.717, 1.165) is 24.5 Å². The van der Waals surface area contributed by atoms with E-state index >= 15 is 0 Å². The van der Waals surface area contributed by atoms with Crippen LogP contribution in [0.15, 0.2) is 6.20 Å². The number of morpholine rings is 1. The normalized spacial score (nSPS) is 22.9. The fraction of sp³-hybridized carbons (Fsp3) is 0.692. The lowest BCUT2D eigenvalue weighted by atomic mass is 10.1. The SMILES string of the molecule is CNc1ncc(C)c(N2CC(C)OC(C)(C)C2)n1. The van der Waals surface area contributed by atoms with Crippen LogP contribution in [0.2, 0.25) is 0 Å². The number of rotatable bonds is 2. The van der Waals surface area contributed by atoms with Gasteiger partial charge in [0.05, 0.1) is 11.7 Å². The highest BCUT2D eigenvalue weighted by Crippen LogP contribution is 2.27. The van der Waals surface area contributed by atoms with Gasteiger partial charge < -0.3 is 15.0 Å². The van der Waals surface area contributed by atoms with E-state index in [0.29, 0.717) is 5.95 Å². The smallest absolute Gasteiger partial charge is 0.224 e. The molecule has 1 aromatic rings. The third-order valence-corrected chi connectivity index (χ3v) is 3.04. The Morgan fingerprint density at radius 1 is 1.50 bits per heavy atom. The summed E-state index contributed by atoms with van der Waals surface area (Å²) in [4.78, 5) is 11.1. The Hall–Kier alpha value is -1.36. The molecule has 1 N–H and O–H groups in total. The van der Waals surface area contributed by atoms with E-state index in [1.807, 2.05) is 20.2 Å². The van der Waals surface area contributed by atoms with Crippen LogP contribution < -0.4 is 10.2 Å². The van der Waals surface area contributed by atoms with Crippen LogP contribution in [0, 0.1) is 6.92 Å². The molecule has 1 aromatic heterocycles. The zero-order chi connectivity index (χ0) is 13.3. The van der Waals surface area contributed by atoms with E-state index in [1.165, 1.54) is 0 Å². The van der Waals surface area contributed by atoms with Crippen molar-refractivity contribution in [3.05, 3.63) is 11.8 Å².